The lowest BCUT2D eigenvalue weighted by molar-refractivity contribution is -0.119. The van der Waals surface area contributed by atoms with Gasteiger partial charge in [-0.15, -0.1) is 6.42 Å². The minimum absolute atomic E-state index is 0.0329. The molecule has 0 aliphatic heterocycles. The van der Waals surface area contributed by atoms with Crippen LogP contribution < -0.4 is 5.32 Å². The van der Waals surface area contributed by atoms with E-state index in [9.17, 15) is 23.9 Å². The lowest BCUT2D eigenvalue weighted by Gasteiger charge is -2.40. The van der Waals surface area contributed by atoms with Gasteiger partial charge < -0.3 is 15.0 Å². The van der Waals surface area contributed by atoms with Crippen molar-refractivity contribution in [1.29, 1.82) is 0 Å². The third kappa shape index (κ3) is 4.03. The maximum absolute atomic E-state index is 13.5. The van der Waals surface area contributed by atoms with Gasteiger partial charge in [-0.05, 0) is 43.5 Å². The van der Waals surface area contributed by atoms with Crippen LogP contribution in [-0.2, 0) is 11.8 Å². The topological polar surface area (TPSA) is 92.8 Å². The summed E-state index contributed by atoms with van der Waals surface area (Å²) in [4.78, 5) is 41.4. The van der Waals surface area contributed by atoms with Crippen LogP contribution in [0.2, 0.25) is 5.15 Å². The second-order valence-corrected chi connectivity index (χ2v) is 8.20. The van der Waals surface area contributed by atoms with Crippen LogP contribution in [0.25, 0.3) is 4.85 Å². The highest BCUT2D eigenvalue weighted by Gasteiger charge is 2.45. The molecular formula is C23H19ClFN3O4. The minimum atomic E-state index is -0.866. The third-order valence-electron chi connectivity index (χ3n) is 5.64. The van der Waals surface area contributed by atoms with Crippen molar-refractivity contribution in [3.8, 4) is 12.3 Å². The van der Waals surface area contributed by atoms with Gasteiger partial charge in [0.05, 0.1) is 18.2 Å². The Balaban J connectivity index is 1.87. The molecule has 32 heavy (non-hydrogen) atoms. The number of carbonyl (C=O) groups is 3. The highest BCUT2D eigenvalue weighted by Crippen LogP contribution is 2.44. The fourth-order valence-electron chi connectivity index (χ4n) is 3.93. The molecule has 1 aromatic heterocycles. The average Bonchev–Trinajstić information content (AvgIpc) is 2.95. The number of nitrogens with zero attached hydrogens (tertiary/aromatic N) is 2. The predicted octanol–water partition coefficient (Wildman–Crippen LogP) is 3.85. The summed E-state index contributed by atoms with van der Waals surface area (Å²) in [6.45, 7) is 8.46. The Hall–Kier alpha value is -3.46. The van der Waals surface area contributed by atoms with Gasteiger partial charge in [-0.3, -0.25) is 14.4 Å². The first-order valence-electron chi connectivity index (χ1n) is 9.60. The first kappa shape index (κ1) is 23.2. The number of hydrogen-bond donors (Lipinski definition) is 2. The average molecular weight is 456 g/mol. The van der Waals surface area contributed by atoms with Crippen molar-refractivity contribution in [2.45, 2.75) is 32.3 Å². The molecule has 164 valence electrons. The molecule has 1 aliphatic rings. The van der Waals surface area contributed by atoms with Crippen molar-refractivity contribution >= 4 is 40.4 Å². The third-order valence-corrected chi connectivity index (χ3v) is 6.09. The number of halogens is 2. The second kappa shape index (κ2) is 8.58. The molecule has 1 heterocycles. The number of rotatable bonds is 6. The molecular weight excluding hydrogens is 437 g/mol. The van der Waals surface area contributed by atoms with E-state index in [1.165, 1.54) is 30.7 Å². The number of aliphatic hydroxyl groups is 1. The standard InChI is InChI=1S/C23H19ClFN3O4/c1-5-23(9-14(29)10-23)11-17(30)20(31)18-12(2)19(28(4)21(18)24)22(32)27-13-6-7-15(25)16(8-13)26-3/h1,6-8,14,29H,9-11H2,2,4H3,(H,27,32). The fourth-order valence-corrected chi connectivity index (χ4v) is 4.24. The molecule has 0 spiro atoms. The predicted molar refractivity (Wildman–Crippen MR) is 116 cm³/mol. The van der Waals surface area contributed by atoms with Gasteiger partial charge in [0.15, 0.2) is 0 Å². The van der Waals surface area contributed by atoms with Gasteiger partial charge in [0.2, 0.25) is 17.3 Å². The smallest absolute Gasteiger partial charge is 0.272 e. The van der Waals surface area contributed by atoms with E-state index >= 15 is 0 Å². The maximum Gasteiger partial charge on any atom is 0.272 e. The molecule has 1 fully saturated rings. The number of ketones is 2. The molecule has 2 N–H and O–H groups in total. The molecule has 1 aliphatic carbocycles. The van der Waals surface area contributed by atoms with Crippen molar-refractivity contribution in [3.05, 3.63) is 57.4 Å². The Morgan fingerprint density at radius 1 is 1.44 bits per heavy atom. The zero-order valence-corrected chi connectivity index (χ0v) is 18.1. The molecule has 2 aromatic rings. The van der Waals surface area contributed by atoms with Gasteiger partial charge in [0.1, 0.15) is 16.7 Å². The summed E-state index contributed by atoms with van der Waals surface area (Å²) in [5, 5.41) is 12.0. The second-order valence-electron chi connectivity index (χ2n) is 7.85. The lowest BCUT2D eigenvalue weighted by atomic mass is 9.64. The first-order chi connectivity index (χ1) is 15.0. The first-order valence-corrected chi connectivity index (χ1v) is 9.98. The maximum atomic E-state index is 13.5. The number of benzene rings is 1. The van der Waals surface area contributed by atoms with E-state index in [1.807, 2.05) is 0 Å². The van der Waals surface area contributed by atoms with E-state index in [2.05, 4.69) is 16.1 Å². The summed E-state index contributed by atoms with van der Waals surface area (Å²) in [5.41, 5.74) is -0.797. The number of anilines is 1. The Labute approximate surface area is 189 Å². The number of carbonyl (C=O) groups excluding carboxylic acids is 3. The molecule has 1 amide bonds. The number of Topliss-reactive ketones (excluding diaryl/α,β-unsaturated/α-hetero) is 2. The van der Waals surface area contributed by atoms with E-state index in [-0.39, 0.29) is 52.6 Å². The number of nitrogens with one attached hydrogen (secondary N) is 1. The monoisotopic (exact) mass is 455 g/mol. The number of aromatic nitrogens is 1. The van der Waals surface area contributed by atoms with Gasteiger partial charge in [0.25, 0.3) is 5.91 Å². The zero-order valence-electron chi connectivity index (χ0n) is 17.3. The van der Waals surface area contributed by atoms with Crippen molar-refractivity contribution in [2.75, 3.05) is 5.32 Å². The Bertz CT molecular complexity index is 1230. The summed E-state index contributed by atoms with van der Waals surface area (Å²) in [6.07, 6.45) is 5.16. The Morgan fingerprint density at radius 3 is 2.66 bits per heavy atom. The molecule has 0 atom stereocenters. The number of amides is 1. The molecule has 0 bridgehead atoms. The molecule has 0 unspecified atom stereocenters. The van der Waals surface area contributed by atoms with Crippen LogP contribution in [0, 0.1) is 37.1 Å². The van der Waals surface area contributed by atoms with E-state index in [1.54, 1.807) is 0 Å². The molecule has 1 aromatic carbocycles. The van der Waals surface area contributed by atoms with Gasteiger partial charge in [-0.2, -0.15) is 0 Å². The SMILES string of the molecule is [C-]#[N+]c1cc(NC(=O)c2c(C)c(C(=O)C(=O)CC3(C#C)CC(O)C3)c(Cl)n2C)ccc1F. The number of hydrogen-bond acceptors (Lipinski definition) is 4. The van der Waals surface area contributed by atoms with Crippen molar-refractivity contribution in [3.63, 3.8) is 0 Å². The summed E-state index contributed by atoms with van der Waals surface area (Å²) in [7, 11) is 1.46. The zero-order chi connectivity index (χ0) is 23.8. The molecule has 1 saturated carbocycles. The van der Waals surface area contributed by atoms with Crippen molar-refractivity contribution < 1.29 is 23.9 Å². The van der Waals surface area contributed by atoms with Gasteiger partial charge >= 0.3 is 0 Å². The van der Waals surface area contributed by atoms with E-state index in [0.29, 0.717) is 0 Å². The highest BCUT2D eigenvalue weighted by molar-refractivity contribution is 6.48. The number of aliphatic hydroxyl groups excluding tert-OH is 1. The van der Waals surface area contributed by atoms with E-state index < -0.39 is 34.8 Å². The molecule has 9 heteroatoms. The van der Waals surface area contributed by atoms with Crippen LogP contribution in [0.3, 0.4) is 0 Å². The summed E-state index contributed by atoms with van der Waals surface area (Å²) in [6, 6.07) is 3.53. The summed E-state index contributed by atoms with van der Waals surface area (Å²) in [5.74, 6) is -0.480. The highest BCUT2D eigenvalue weighted by atomic mass is 35.5. The van der Waals surface area contributed by atoms with Gasteiger partial charge in [0, 0.05) is 24.6 Å². The lowest BCUT2D eigenvalue weighted by Crippen LogP contribution is -2.42. The number of terminal acetylenes is 1. The van der Waals surface area contributed by atoms with Crippen LogP contribution in [0.1, 0.15) is 45.7 Å². The Morgan fingerprint density at radius 2 is 2.09 bits per heavy atom. The van der Waals surface area contributed by atoms with Crippen LogP contribution >= 0.6 is 11.6 Å². The molecule has 0 radical (unpaired) electrons. The van der Waals surface area contributed by atoms with Crippen molar-refractivity contribution in [2.24, 2.45) is 12.5 Å². The molecule has 0 saturated heterocycles. The van der Waals surface area contributed by atoms with Crippen molar-refractivity contribution in [1.82, 2.24) is 4.57 Å². The molecule has 7 nitrogen and oxygen atoms in total. The summed E-state index contributed by atoms with van der Waals surface area (Å²) < 4.78 is 14.8. The van der Waals surface area contributed by atoms with Crippen LogP contribution in [0.5, 0.6) is 0 Å². The summed E-state index contributed by atoms with van der Waals surface area (Å²) >= 11 is 6.29. The largest absolute Gasteiger partial charge is 0.393 e. The van der Waals surface area contributed by atoms with Gasteiger partial charge in [-0.25, -0.2) is 9.24 Å². The van der Waals surface area contributed by atoms with Gasteiger partial charge in [-0.1, -0.05) is 17.5 Å². The van der Waals surface area contributed by atoms with Crippen LogP contribution in [0.4, 0.5) is 15.8 Å². The molecule has 3 rings (SSSR count). The van der Waals surface area contributed by atoms with Crippen LogP contribution in [-0.4, -0.2) is 33.3 Å². The fraction of sp³-hybridized carbons (Fsp3) is 0.304. The quantitative estimate of drug-likeness (QED) is 0.299. The normalized spacial score (nSPS) is 19.4. The minimum Gasteiger partial charge on any atom is -0.393 e. The Kier molecular flexibility index (Phi) is 6.23. The van der Waals surface area contributed by atoms with E-state index in [4.69, 9.17) is 24.6 Å². The van der Waals surface area contributed by atoms with E-state index in [0.717, 1.165) is 6.07 Å². The van der Waals surface area contributed by atoms with Crippen LogP contribution in [0.15, 0.2) is 18.2 Å².